The molecule has 0 aromatic carbocycles. The Kier molecular flexibility index (Phi) is 3.70. The van der Waals surface area contributed by atoms with E-state index in [4.69, 9.17) is 0 Å². The van der Waals surface area contributed by atoms with Gasteiger partial charge in [0.1, 0.15) is 5.82 Å². The second-order valence-corrected chi connectivity index (χ2v) is 6.72. The van der Waals surface area contributed by atoms with E-state index in [2.05, 4.69) is 22.1 Å². The van der Waals surface area contributed by atoms with Gasteiger partial charge in [0.05, 0.1) is 10.6 Å². The average Bonchev–Trinajstić information content (AvgIpc) is 2.99. The topological polar surface area (TPSA) is 58.6 Å². The van der Waals surface area contributed by atoms with Crippen LogP contribution in [0.2, 0.25) is 0 Å². The number of thiophene rings is 1. The third-order valence-electron chi connectivity index (χ3n) is 3.06. The van der Waals surface area contributed by atoms with E-state index in [1.165, 1.54) is 29.5 Å². The number of nitrogens with zero attached hydrogens (tertiary/aromatic N) is 2. The molecule has 0 unspecified atom stereocenters. The first-order valence-electron chi connectivity index (χ1n) is 6.43. The van der Waals surface area contributed by atoms with Gasteiger partial charge in [0.25, 0.3) is 0 Å². The van der Waals surface area contributed by atoms with Gasteiger partial charge >= 0.3 is 0 Å². The van der Waals surface area contributed by atoms with E-state index in [0.29, 0.717) is 16.8 Å². The van der Waals surface area contributed by atoms with Gasteiger partial charge in [-0.15, -0.1) is 16.4 Å². The molecule has 1 fully saturated rings. The minimum Gasteiger partial charge on any atom is -0.292 e. The van der Waals surface area contributed by atoms with Gasteiger partial charge in [0.2, 0.25) is 5.16 Å². The predicted octanol–water partition coefficient (Wildman–Crippen LogP) is 3.28. The quantitative estimate of drug-likeness (QED) is 0.656. The molecule has 2 aromatic rings. The van der Waals surface area contributed by atoms with Crippen LogP contribution >= 0.6 is 23.1 Å². The first-order chi connectivity index (χ1) is 9.26. The summed E-state index contributed by atoms with van der Waals surface area (Å²) in [7, 11) is 0. The first-order valence-corrected chi connectivity index (χ1v) is 8.23. The zero-order valence-corrected chi connectivity index (χ0v) is 12.3. The molecule has 2 heterocycles. The molecule has 19 heavy (non-hydrogen) atoms. The highest BCUT2D eigenvalue weighted by Gasteiger charge is 2.27. The van der Waals surface area contributed by atoms with Crippen LogP contribution in [-0.4, -0.2) is 26.7 Å². The van der Waals surface area contributed by atoms with Crippen molar-refractivity contribution < 1.29 is 4.79 Å². The van der Waals surface area contributed by atoms with Crippen LogP contribution in [-0.2, 0) is 6.42 Å². The van der Waals surface area contributed by atoms with Gasteiger partial charge in [0.15, 0.2) is 5.78 Å². The van der Waals surface area contributed by atoms with Crippen LogP contribution in [0.3, 0.4) is 0 Å². The number of aromatic nitrogens is 3. The van der Waals surface area contributed by atoms with Crippen molar-refractivity contribution in [3.63, 3.8) is 0 Å². The van der Waals surface area contributed by atoms with E-state index in [-0.39, 0.29) is 5.78 Å². The number of aromatic amines is 1. The maximum absolute atomic E-state index is 12.0. The number of rotatable bonds is 6. The smallest absolute Gasteiger partial charge is 0.208 e. The first kappa shape index (κ1) is 12.9. The summed E-state index contributed by atoms with van der Waals surface area (Å²) in [4.78, 5) is 18.5. The Labute approximate surface area is 120 Å². The third-order valence-corrected chi connectivity index (χ3v) is 5.18. The number of hydrogen-bond acceptors (Lipinski definition) is 5. The lowest BCUT2D eigenvalue weighted by Gasteiger charge is -1.94. The molecule has 3 rings (SSSR count). The molecule has 100 valence electrons. The highest BCUT2D eigenvalue weighted by atomic mass is 32.2. The fraction of sp³-hybridized carbons (Fsp3) is 0.462. The number of carbonyl (C=O) groups is 1. The minimum atomic E-state index is 0.160. The number of carbonyl (C=O) groups excluding carboxylic acids is 1. The van der Waals surface area contributed by atoms with Crippen molar-refractivity contribution in [2.45, 2.75) is 37.3 Å². The van der Waals surface area contributed by atoms with Crippen LogP contribution in [0, 0.1) is 0 Å². The van der Waals surface area contributed by atoms with Gasteiger partial charge in [-0.3, -0.25) is 9.89 Å². The largest absolute Gasteiger partial charge is 0.292 e. The maximum Gasteiger partial charge on any atom is 0.208 e. The normalized spacial score (nSPS) is 14.8. The van der Waals surface area contributed by atoms with Crippen molar-refractivity contribution in [2.24, 2.45) is 0 Å². The summed E-state index contributed by atoms with van der Waals surface area (Å²) < 4.78 is 0. The van der Waals surface area contributed by atoms with Crippen molar-refractivity contribution in [1.82, 2.24) is 15.2 Å². The van der Waals surface area contributed by atoms with E-state index in [0.717, 1.165) is 17.1 Å². The molecule has 1 N–H and O–H groups in total. The molecule has 0 saturated heterocycles. The van der Waals surface area contributed by atoms with E-state index < -0.39 is 0 Å². The maximum atomic E-state index is 12.0. The molecule has 4 nitrogen and oxygen atoms in total. The van der Waals surface area contributed by atoms with Crippen LogP contribution in [0.15, 0.2) is 17.3 Å². The molecule has 0 aliphatic heterocycles. The molecule has 6 heteroatoms. The predicted molar refractivity (Wildman–Crippen MR) is 77.1 cm³/mol. The van der Waals surface area contributed by atoms with Gasteiger partial charge in [-0.25, -0.2) is 4.98 Å². The fourth-order valence-electron chi connectivity index (χ4n) is 1.78. The van der Waals surface area contributed by atoms with Crippen LogP contribution in [0.1, 0.15) is 46.1 Å². The second kappa shape index (κ2) is 5.46. The van der Waals surface area contributed by atoms with Crippen LogP contribution < -0.4 is 0 Å². The minimum absolute atomic E-state index is 0.160. The van der Waals surface area contributed by atoms with Gasteiger partial charge in [-0.1, -0.05) is 18.7 Å². The Morgan fingerprint density at radius 1 is 1.53 bits per heavy atom. The summed E-state index contributed by atoms with van der Waals surface area (Å²) in [5, 5.41) is 7.78. The fourth-order valence-corrected chi connectivity index (χ4v) is 3.45. The highest BCUT2D eigenvalue weighted by Crippen LogP contribution is 2.38. The van der Waals surface area contributed by atoms with Crippen LogP contribution in [0.5, 0.6) is 0 Å². The van der Waals surface area contributed by atoms with Gasteiger partial charge in [-0.05, 0) is 31.4 Å². The number of hydrogen-bond donors (Lipinski definition) is 1. The molecule has 1 aliphatic carbocycles. The lowest BCUT2D eigenvalue weighted by atomic mass is 10.3. The summed E-state index contributed by atoms with van der Waals surface area (Å²) >= 11 is 2.99. The van der Waals surface area contributed by atoms with Gasteiger partial charge in [0, 0.05) is 10.8 Å². The van der Waals surface area contributed by atoms with Crippen molar-refractivity contribution in [3.8, 4) is 0 Å². The standard InChI is InChI=1S/C13H15N3OS2/c1-2-9-5-6-11(19-9)10(17)7-18-13-14-12(15-16-13)8-3-4-8/h5-6,8H,2-4,7H2,1H3,(H,14,15,16). The molecule has 0 atom stereocenters. The Morgan fingerprint density at radius 3 is 3.05 bits per heavy atom. The summed E-state index contributed by atoms with van der Waals surface area (Å²) in [6.45, 7) is 2.10. The van der Waals surface area contributed by atoms with E-state index in [9.17, 15) is 4.79 Å². The Bertz CT molecular complexity index is 586. The Balaban J connectivity index is 1.56. The zero-order chi connectivity index (χ0) is 13.2. The number of nitrogens with one attached hydrogen (secondary N) is 1. The number of aryl methyl sites for hydroxylation is 1. The molecule has 0 radical (unpaired) electrons. The van der Waals surface area contributed by atoms with Crippen LogP contribution in [0.4, 0.5) is 0 Å². The number of H-pyrrole nitrogens is 1. The van der Waals surface area contributed by atoms with Crippen molar-refractivity contribution in [1.29, 1.82) is 0 Å². The molecule has 0 bridgehead atoms. The summed E-state index contributed by atoms with van der Waals surface area (Å²) in [6.07, 6.45) is 3.39. The number of thioether (sulfide) groups is 1. The van der Waals surface area contributed by atoms with E-state index in [1.54, 1.807) is 11.3 Å². The zero-order valence-electron chi connectivity index (χ0n) is 10.7. The number of Topliss-reactive ketones (excluding diaryl/α,β-unsaturated/α-hetero) is 1. The van der Waals surface area contributed by atoms with Gasteiger partial charge in [-0.2, -0.15) is 0 Å². The molecular formula is C13H15N3OS2. The average molecular weight is 293 g/mol. The molecule has 0 spiro atoms. The van der Waals surface area contributed by atoms with Crippen molar-refractivity contribution in [2.75, 3.05) is 5.75 Å². The molecule has 2 aromatic heterocycles. The lowest BCUT2D eigenvalue weighted by molar-refractivity contribution is 0.102. The van der Waals surface area contributed by atoms with Gasteiger partial charge < -0.3 is 0 Å². The lowest BCUT2D eigenvalue weighted by Crippen LogP contribution is -1.99. The van der Waals surface area contributed by atoms with Crippen molar-refractivity contribution >= 4 is 28.9 Å². The van der Waals surface area contributed by atoms with E-state index >= 15 is 0 Å². The van der Waals surface area contributed by atoms with Crippen LogP contribution in [0.25, 0.3) is 0 Å². The van der Waals surface area contributed by atoms with Crippen molar-refractivity contribution in [3.05, 3.63) is 27.7 Å². The molecule has 1 aliphatic rings. The second-order valence-electron chi connectivity index (χ2n) is 4.61. The highest BCUT2D eigenvalue weighted by molar-refractivity contribution is 7.99. The van der Waals surface area contributed by atoms with E-state index in [1.807, 2.05) is 12.1 Å². The molecule has 0 amide bonds. The monoisotopic (exact) mass is 293 g/mol. The summed E-state index contributed by atoms with van der Waals surface area (Å²) in [5.74, 6) is 2.11. The SMILES string of the molecule is CCc1ccc(C(=O)CSc2n[nH]c(C3CC3)n2)s1. The summed E-state index contributed by atoms with van der Waals surface area (Å²) in [5.41, 5.74) is 0. The third kappa shape index (κ3) is 3.06. The molecular weight excluding hydrogens is 278 g/mol. The summed E-state index contributed by atoms with van der Waals surface area (Å²) in [6, 6.07) is 3.94. The molecule has 1 saturated carbocycles. The number of ketones is 1. The Morgan fingerprint density at radius 2 is 2.37 bits per heavy atom. The Hall–Kier alpha value is -1.14.